The van der Waals surface area contributed by atoms with Crippen molar-refractivity contribution in [2.45, 2.75) is 6.92 Å². The third-order valence-corrected chi connectivity index (χ3v) is 2.05. The number of nitrogens with zero attached hydrogens (tertiary/aromatic N) is 1. The molecule has 0 radical (unpaired) electrons. The predicted molar refractivity (Wildman–Crippen MR) is 53.0 cm³/mol. The minimum atomic E-state index is 0.802. The maximum Gasteiger partial charge on any atom is 0.137 e. The summed E-state index contributed by atoms with van der Waals surface area (Å²) in [7, 11) is 1.65. The average molecular weight is 173 g/mol. The van der Waals surface area contributed by atoms with Crippen LogP contribution in [0.2, 0.25) is 0 Å². The Morgan fingerprint density at radius 2 is 2.08 bits per heavy atom. The fraction of sp³-hybridized carbons (Fsp3) is 0.182. The molecule has 0 N–H and O–H groups in total. The van der Waals surface area contributed by atoms with Gasteiger partial charge in [-0.15, -0.1) is 0 Å². The minimum Gasteiger partial charge on any atom is -0.495 e. The van der Waals surface area contributed by atoms with Crippen LogP contribution in [0.4, 0.5) is 0 Å². The molecule has 2 heteroatoms. The molecule has 1 aromatic carbocycles. The van der Waals surface area contributed by atoms with Gasteiger partial charge in [-0.2, -0.15) is 0 Å². The van der Waals surface area contributed by atoms with Crippen molar-refractivity contribution in [3.05, 3.63) is 36.0 Å². The number of methoxy groups -OCH3 is 1. The normalized spacial score (nSPS) is 10.3. The van der Waals surface area contributed by atoms with Gasteiger partial charge in [0.2, 0.25) is 0 Å². The average Bonchev–Trinajstić information content (AvgIpc) is 2.17. The number of aromatic nitrogens is 1. The predicted octanol–water partition coefficient (Wildman–Crippen LogP) is 2.55. The summed E-state index contributed by atoms with van der Waals surface area (Å²) in [6, 6.07) is 8.18. The van der Waals surface area contributed by atoms with Gasteiger partial charge in [0, 0.05) is 5.39 Å². The van der Waals surface area contributed by atoms with Gasteiger partial charge in [-0.3, -0.25) is 4.98 Å². The van der Waals surface area contributed by atoms with Crippen LogP contribution in [0.1, 0.15) is 5.56 Å². The molecule has 0 aliphatic carbocycles. The second-order valence-electron chi connectivity index (χ2n) is 3.07. The standard InChI is InChI=1S/C11H11NO/c1-8-3-4-9-6-10(13-2)7-12-11(9)5-8/h3-7H,1-2H3. The SMILES string of the molecule is COc1cnc2cc(C)ccc2c1. The summed E-state index contributed by atoms with van der Waals surface area (Å²) >= 11 is 0. The van der Waals surface area contributed by atoms with Crippen LogP contribution in [-0.4, -0.2) is 12.1 Å². The smallest absolute Gasteiger partial charge is 0.137 e. The Labute approximate surface area is 77.2 Å². The van der Waals surface area contributed by atoms with Crippen molar-refractivity contribution in [2.75, 3.05) is 7.11 Å². The molecule has 2 nitrogen and oxygen atoms in total. The monoisotopic (exact) mass is 173 g/mol. The molecule has 66 valence electrons. The molecule has 0 saturated heterocycles. The van der Waals surface area contributed by atoms with Crippen LogP contribution >= 0.6 is 0 Å². The van der Waals surface area contributed by atoms with E-state index in [0.717, 1.165) is 16.7 Å². The quantitative estimate of drug-likeness (QED) is 0.661. The van der Waals surface area contributed by atoms with Gasteiger partial charge in [0.05, 0.1) is 18.8 Å². The molecule has 0 unspecified atom stereocenters. The number of hydrogen-bond acceptors (Lipinski definition) is 2. The van der Waals surface area contributed by atoms with Crippen molar-refractivity contribution in [3.8, 4) is 5.75 Å². The van der Waals surface area contributed by atoms with E-state index in [1.165, 1.54) is 5.56 Å². The molecule has 0 atom stereocenters. The fourth-order valence-electron chi connectivity index (χ4n) is 1.32. The maximum absolute atomic E-state index is 5.09. The molecule has 0 saturated carbocycles. The molecular formula is C11H11NO. The van der Waals surface area contributed by atoms with Crippen LogP contribution in [0.3, 0.4) is 0 Å². The first-order valence-electron chi connectivity index (χ1n) is 4.20. The van der Waals surface area contributed by atoms with E-state index in [-0.39, 0.29) is 0 Å². The lowest BCUT2D eigenvalue weighted by atomic mass is 10.1. The molecule has 0 aliphatic rings. The van der Waals surface area contributed by atoms with Gasteiger partial charge in [0.1, 0.15) is 5.75 Å². The fourth-order valence-corrected chi connectivity index (χ4v) is 1.32. The molecule has 0 amide bonds. The summed E-state index contributed by atoms with van der Waals surface area (Å²) < 4.78 is 5.09. The molecule has 13 heavy (non-hydrogen) atoms. The molecule has 0 bridgehead atoms. The van der Waals surface area contributed by atoms with E-state index in [1.807, 2.05) is 6.07 Å². The topological polar surface area (TPSA) is 22.1 Å². The summed E-state index contributed by atoms with van der Waals surface area (Å²) in [5.74, 6) is 0.802. The zero-order valence-electron chi connectivity index (χ0n) is 7.74. The lowest BCUT2D eigenvalue weighted by molar-refractivity contribution is 0.414. The van der Waals surface area contributed by atoms with Gasteiger partial charge >= 0.3 is 0 Å². The number of pyridine rings is 1. The van der Waals surface area contributed by atoms with Crippen molar-refractivity contribution in [1.29, 1.82) is 0 Å². The van der Waals surface area contributed by atoms with Gasteiger partial charge in [-0.25, -0.2) is 0 Å². The van der Waals surface area contributed by atoms with Crippen molar-refractivity contribution in [2.24, 2.45) is 0 Å². The summed E-state index contributed by atoms with van der Waals surface area (Å²) in [6.45, 7) is 2.06. The third-order valence-electron chi connectivity index (χ3n) is 2.05. The lowest BCUT2D eigenvalue weighted by Gasteiger charge is -2.01. The molecule has 0 aliphatic heterocycles. The number of aryl methyl sites for hydroxylation is 1. The van der Waals surface area contributed by atoms with Crippen molar-refractivity contribution < 1.29 is 4.74 Å². The van der Waals surface area contributed by atoms with Gasteiger partial charge in [0.15, 0.2) is 0 Å². The first-order valence-corrected chi connectivity index (χ1v) is 4.20. The van der Waals surface area contributed by atoms with Gasteiger partial charge in [0.25, 0.3) is 0 Å². The highest BCUT2D eigenvalue weighted by Crippen LogP contribution is 2.18. The second kappa shape index (κ2) is 3.05. The van der Waals surface area contributed by atoms with E-state index in [4.69, 9.17) is 4.74 Å². The van der Waals surface area contributed by atoms with Crippen LogP contribution in [0.5, 0.6) is 5.75 Å². The van der Waals surface area contributed by atoms with E-state index in [2.05, 4.69) is 30.1 Å². The Morgan fingerprint density at radius 3 is 2.85 bits per heavy atom. The van der Waals surface area contributed by atoms with Crippen LogP contribution in [-0.2, 0) is 0 Å². The van der Waals surface area contributed by atoms with E-state index in [1.54, 1.807) is 13.3 Å². The molecule has 0 fully saturated rings. The number of ether oxygens (including phenoxy) is 1. The summed E-state index contributed by atoms with van der Waals surface area (Å²) in [6.07, 6.45) is 1.74. The molecule has 1 heterocycles. The molecular weight excluding hydrogens is 162 g/mol. The van der Waals surface area contributed by atoms with Crippen LogP contribution in [0.15, 0.2) is 30.5 Å². The molecule has 2 aromatic rings. The van der Waals surface area contributed by atoms with Crippen LogP contribution in [0.25, 0.3) is 10.9 Å². The summed E-state index contributed by atoms with van der Waals surface area (Å²) in [4.78, 5) is 4.29. The Balaban J connectivity index is 2.66. The highest BCUT2D eigenvalue weighted by atomic mass is 16.5. The van der Waals surface area contributed by atoms with Gasteiger partial charge < -0.3 is 4.74 Å². The van der Waals surface area contributed by atoms with E-state index in [0.29, 0.717) is 0 Å². The molecule has 2 rings (SSSR count). The lowest BCUT2D eigenvalue weighted by Crippen LogP contribution is -1.85. The molecule has 1 aromatic heterocycles. The Kier molecular flexibility index (Phi) is 1.89. The highest BCUT2D eigenvalue weighted by Gasteiger charge is 1.96. The van der Waals surface area contributed by atoms with E-state index in [9.17, 15) is 0 Å². The largest absolute Gasteiger partial charge is 0.495 e. The van der Waals surface area contributed by atoms with Crippen LogP contribution in [0, 0.1) is 6.92 Å². The number of rotatable bonds is 1. The Bertz CT molecular complexity index is 437. The van der Waals surface area contributed by atoms with E-state index >= 15 is 0 Å². The second-order valence-corrected chi connectivity index (χ2v) is 3.07. The van der Waals surface area contributed by atoms with Gasteiger partial charge in [-0.1, -0.05) is 12.1 Å². The zero-order chi connectivity index (χ0) is 9.26. The first kappa shape index (κ1) is 8.05. The van der Waals surface area contributed by atoms with Crippen LogP contribution < -0.4 is 4.74 Å². The van der Waals surface area contributed by atoms with E-state index < -0.39 is 0 Å². The van der Waals surface area contributed by atoms with Crippen molar-refractivity contribution >= 4 is 10.9 Å². The highest BCUT2D eigenvalue weighted by molar-refractivity contribution is 5.80. The number of hydrogen-bond donors (Lipinski definition) is 0. The maximum atomic E-state index is 5.09. The Hall–Kier alpha value is -1.57. The summed E-state index contributed by atoms with van der Waals surface area (Å²) in [5, 5.41) is 1.12. The third kappa shape index (κ3) is 1.47. The number of fused-ring (bicyclic) bond motifs is 1. The number of benzene rings is 1. The van der Waals surface area contributed by atoms with Crippen molar-refractivity contribution in [3.63, 3.8) is 0 Å². The first-order chi connectivity index (χ1) is 6.29. The zero-order valence-corrected chi connectivity index (χ0v) is 7.74. The summed E-state index contributed by atoms with van der Waals surface area (Å²) in [5.41, 5.74) is 2.24. The van der Waals surface area contributed by atoms with Gasteiger partial charge in [-0.05, 0) is 24.6 Å². The minimum absolute atomic E-state index is 0.802. The van der Waals surface area contributed by atoms with Crippen molar-refractivity contribution in [1.82, 2.24) is 4.98 Å². The Morgan fingerprint density at radius 1 is 1.23 bits per heavy atom. The molecule has 0 spiro atoms.